The van der Waals surface area contributed by atoms with Gasteiger partial charge >= 0.3 is 0 Å². The lowest BCUT2D eigenvalue weighted by molar-refractivity contribution is 0.792. The van der Waals surface area contributed by atoms with E-state index in [1.54, 1.807) is 11.3 Å². The molecule has 1 aromatic heterocycles. The smallest absolute Gasteiger partial charge is 0.191 e. The fourth-order valence-corrected chi connectivity index (χ4v) is 3.78. The Hall–Kier alpha value is -1.73. The number of aromatic nitrogens is 1. The number of anilines is 1. The van der Waals surface area contributed by atoms with Crippen LogP contribution in [0.5, 0.6) is 0 Å². The van der Waals surface area contributed by atoms with Gasteiger partial charge in [0.2, 0.25) is 0 Å². The van der Waals surface area contributed by atoms with Crippen molar-refractivity contribution in [3.8, 4) is 0 Å². The lowest BCUT2D eigenvalue weighted by Gasteiger charge is -2.15. The van der Waals surface area contributed by atoms with E-state index in [4.69, 9.17) is 0 Å². The van der Waals surface area contributed by atoms with Crippen LogP contribution >= 0.6 is 23.1 Å². The van der Waals surface area contributed by atoms with Gasteiger partial charge in [0.05, 0.1) is 12.2 Å². The number of nitrogens with one attached hydrogen (secondary N) is 2. The van der Waals surface area contributed by atoms with Crippen LogP contribution in [0.25, 0.3) is 0 Å². The Morgan fingerprint density at radius 3 is 2.68 bits per heavy atom. The summed E-state index contributed by atoms with van der Waals surface area (Å²) in [6.45, 7) is 6.57. The highest BCUT2D eigenvalue weighted by Crippen LogP contribution is 2.22. The van der Waals surface area contributed by atoms with Crippen LogP contribution in [0, 0.1) is 0 Å². The molecule has 1 unspecified atom stereocenters. The SMILES string of the molecule is CCNC(=NCc1csc(N(C)C)n1)NCC(C)Sc1ccccc1. The monoisotopic (exact) mass is 377 g/mol. The molecule has 0 aliphatic carbocycles. The van der Waals surface area contributed by atoms with Crippen LogP contribution in [0.3, 0.4) is 0 Å². The van der Waals surface area contributed by atoms with Gasteiger partial charge in [-0.15, -0.1) is 23.1 Å². The first kappa shape index (κ1) is 19.6. The second-order valence-electron chi connectivity index (χ2n) is 5.83. The molecule has 2 rings (SSSR count). The largest absolute Gasteiger partial charge is 0.357 e. The van der Waals surface area contributed by atoms with E-state index in [2.05, 4.69) is 64.1 Å². The number of guanidine groups is 1. The van der Waals surface area contributed by atoms with Crippen LogP contribution in [0.2, 0.25) is 0 Å². The van der Waals surface area contributed by atoms with Crippen molar-refractivity contribution in [2.45, 2.75) is 30.5 Å². The normalized spacial score (nSPS) is 12.7. The minimum Gasteiger partial charge on any atom is -0.357 e. The van der Waals surface area contributed by atoms with E-state index < -0.39 is 0 Å². The molecule has 136 valence electrons. The lowest BCUT2D eigenvalue weighted by Crippen LogP contribution is -2.40. The molecule has 1 heterocycles. The van der Waals surface area contributed by atoms with E-state index in [1.165, 1.54) is 4.90 Å². The summed E-state index contributed by atoms with van der Waals surface area (Å²) in [7, 11) is 4.01. The maximum absolute atomic E-state index is 4.65. The summed E-state index contributed by atoms with van der Waals surface area (Å²) in [6.07, 6.45) is 0. The standard InChI is InChI=1S/C18H27N5S2/c1-5-19-17(21-12-15-13-24-18(22-15)23(3)4)20-11-14(2)25-16-9-7-6-8-10-16/h6-10,13-14H,5,11-12H2,1-4H3,(H2,19,20,21). The van der Waals surface area contributed by atoms with Crippen LogP contribution in [-0.2, 0) is 6.54 Å². The fraction of sp³-hybridized carbons (Fsp3) is 0.444. The molecule has 2 aromatic rings. The highest BCUT2D eigenvalue weighted by Gasteiger charge is 2.07. The third-order valence-corrected chi connectivity index (χ3v) is 5.47. The first-order chi connectivity index (χ1) is 12.1. The van der Waals surface area contributed by atoms with Gasteiger partial charge in [0, 0.05) is 42.7 Å². The zero-order valence-electron chi connectivity index (χ0n) is 15.3. The number of aliphatic imine (C=N–C) groups is 1. The maximum atomic E-state index is 4.65. The highest BCUT2D eigenvalue weighted by atomic mass is 32.2. The molecular weight excluding hydrogens is 350 g/mol. The van der Waals surface area contributed by atoms with E-state index in [-0.39, 0.29) is 0 Å². The molecule has 5 nitrogen and oxygen atoms in total. The second kappa shape index (κ2) is 10.3. The first-order valence-corrected chi connectivity index (χ1v) is 10.2. The van der Waals surface area contributed by atoms with Crippen molar-refractivity contribution in [2.75, 3.05) is 32.1 Å². The van der Waals surface area contributed by atoms with Crippen molar-refractivity contribution in [3.63, 3.8) is 0 Å². The second-order valence-corrected chi connectivity index (χ2v) is 8.18. The number of thioether (sulfide) groups is 1. The first-order valence-electron chi connectivity index (χ1n) is 8.44. The summed E-state index contributed by atoms with van der Waals surface area (Å²) in [5, 5.41) is 10.2. The highest BCUT2D eigenvalue weighted by molar-refractivity contribution is 8.00. The molecule has 0 spiro atoms. The predicted molar refractivity (Wildman–Crippen MR) is 111 cm³/mol. The van der Waals surface area contributed by atoms with Crippen LogP contribution in [0.4, 0.5) is 5.13 Å². The summed E-state index contributed by atoms with van der Waals surface area (Å²) in [5.41, 5.74) is 0.998. The van der Waals surface area contributed by atoms with Gasteiger partial charge < -0.3 is 15.5 Å². The molecule has 0 amide bonds. The van der Waals surface area contributed by atoms with Crippen LogP contribution in [0.1, 0.15) is 19.5 Å². The average molecular weight is 378 g/mol. The van der Waals surface area contributed by atoms with Crippen molar-refractivity contribution in [1.82, 2.24) is 15.6 Å². The maximum Gasteiger partial charge on any atom is 0.191 e. The molecule has 0 fully saturated rings. The van der Waals surface area contributed by atoms with E-state index in [9.17, 15) is 0 Å². The molecule has 1 aromatic carbocycles. The van der Waals surface area contributed by atoms with Crippen LogP contribution in [-0.4, -0.2) is 43.4 Å². The lowest BCUT2D eigenvalue weighted by atomic mass is 10.4. The minimum atomic E-state index is 0.450. The molecule has 0 bridgehead atoms. The van der Waals surface area contributed by atoms with Crippen molar-refractivity contribution < 1.29 is 0 Å². The van der Waals surface area contributed by atoms with Gasteiger partial charge in [0.15, 0.2) is 11.1 Å². The summed E-state index contributed by atoms with van der Waals surface area (Å²) in [5.74, 6) is 0.836. The Labute approximate surface area is 159 Å². The minimum absolute atomic E-state index is 0.450. The van der Waals surface area contributed by atoms with Crippen LogP contribution in [0.15, 0.2) is 45.6 Å². The van der Waals surface area contributed by atoms with E-state index in [0.29, 0.717) is 11.8 Å². The van der Waals surface area contributed by atoms with Gasteiger partial charge in [-0.2, -0.15) is 0 Å². The van der Waals surface area contributed by atoms with Crippen LogP contribution < -0.4 is 15.5 Å². The van der Waals surface area contributed by atoms with Gasteiger partial charge in [-0.25, -0.2) is 9.98 Å². The number of hydrogen-bond acceptors (Lipinski definition) is 5. The Morgan fingerprint density at radius 2 is 2.04 bits per heavy atom. The molecule has 2 N–H and O–H groups in total. The molecule has 25 heavy (non-hydrogen) atoms. The number of thiazole rings is 1. The number of hydrogen-bond donors (Lipinski definition) is 2. The molecule has 0 saturated carbocycles. The van der Waals surface area contributed by atoms with Crippen molar-refractivity contribution in [3.05, 3.63) is 41.4 Å². The third kappa shape index (κ3) is 6.96. The Morgan fingerprint density at radius 1 is 1.28 bits per heavy atom. The molecule has 0 saturated heterocycles. The van der Waals surface area contributed by atoms with Gasteiger partial charge in [-0.05, 0) is 19.1 Å². The number of nitrogens with zero attached hydrogens (tertiary/aromatic N) is 3. The predicted octanol–water partition coefficient (Wildman–Crippen LogP) is 3.45. The topological polar surface area (TPSA) is 52.6 Å². The Balaban J connectivity index is 1.86. The van der Waals surface area contributed by atoms with Gasteiger partial charge in [0.25, 0.3) is 0 Å². The van der Waals surface area contributed by atoms with Gasteiger partial charge in [-0.3, -0.25) is 0 Å². The molecule has 0 radical (unpaired) electrons. The molecule has 1 atom stereocenters. The van der Waals surface area contributed by atoms with E-state index in [0.717, 1.165) is 29.9 Å². The number of benzene rings is 1. The molecule has 0 aliphatic heterocycles. The molecule has 0 aliphatic rings. The summed E-state index contributed by atoms with van der Waals surface area (Å²) in [6, 6.07) is 10.5. The fourth-order valence-electron chi connectivity index (χ4n) is 2.09. The van der Waals surface area contributed by atoms with Crippen molar-refractivity contribution in [2.24, 2.45) is 4.99 Å². The van der Waals surface area contributed by atoms with Gasteiger partial charge in [0.1, 0.15) is 0 Å². The number of rotatable bonds is 8. The molecule has 7 heteroatoms. The average Bonchev–Trinajstić information content (AvgIpc) is 3.07. The summed E-state index contributed by atoms with van der Waals surface area (Å²) in [4.78, 5) is 12.5. The quantitative estimate of drug-likeness (QED) is 0.419. The molecular formula is C18H27N5S2. The zero-order chi connectivity index (χ0) is 18.1. The van der Waals surface area contributed by atoms with E-state index in [1.807, 2.05) is 36.8 Å². The zero-order valence-corrected chi connectivity index (χ0v) is 17.0. The van der Waals surface area contributed by atoms with Crippen molar-refractivity contribution in [1.29, 1.82) is 0 Å². The van der Waals surface area contributed by atoms with Gasteiger partial charge in [-0.1, -0.05) is 25.1 Å². The Kier molecular flexibility index (Phi) is 8.08. The summed E-state index contributed by atoms with van der Waals surface area (Å²) < 4.78 is 0. The van der Waals surface area contributed by atoms with Crippen molar-refractivity contribution >= 4 is 34.2 Å². The third-order valence-electron chi connectivity index (χ3n) is 3.30. The Bertz CT molecular complexity index is 654. The summed E-state index contributed by atoms with van der Waals surface area (Å²) >= 11 is 3.51. The van der Waals surface area contributed by atoms with E-state index >= 15 is 0 Å².